The number of rotatable bonds is 4. The lowest BCUT2D eigenvalue weighted by molar-refractivity contribution is -0.141. The molecule has 0 saturated heterocycles. The standard InChI is InChI=1S/C15H18N2O5/c1-9-15(20)17(2)11-5-4-10(8-12(11)22-9)16-13(18)6-7-14(19)21-3/h4-5,8-9H,6-7H2,1-3H3,(H,16,18). The number of amides is 2. The summed E-state index contributed by atoms with van der Waals surface area (Å²) in [5, 5.41) is 2.68. The molecule has 7 heteroatoms. The van der Waals surface area contributed by atoms with Gasteiger partial charge in [0.2, 0.25) is 5.91 Å². The minimum absolute atomic E-state index is 0.0258. The van der Waals surface area contributed by atoms with Crippen molar-refractivity contribution in [2.24, 2.45) is 0 Å². The second-order valence-corrected chi connectivity index (χ2v) is 4.96. The third-order valence-electron chi connectivity index (χ3n) is 3.37. The van der Waals surface area contributed by atoms with Crippen LogP contribution in [0.4, 0.5) is 11.4 Å². The average Bonchev–Trinajstić information content (AvgIpc) is 2.50. The molecule has 1 aromatic rings. The van der Waals surface area contributed by atoms with Gasteiger partial charge in [0.1, 0.15) is 5.75 Å². The predicted molar refractivity (Wildman–Crippen MR) is 79.8 cm³/mol. The maximum Gasteiger partial charge on any atom is 0.306 e. The number of benzene rings is 1. The first-order valence-electron chi connectivity index (χ1n) is 6.87. The van der Waals surface area contributed by atoms with Gasteiger partial charge in [-0.05, 0) is 19.1 Å². The van der Waals surface area contributed by atoms with Gasteiger partial charge in [-0.1, -0.05) is 0 Å². The second-order valence-electron chi connectivity index (χ2n) is 4.96. The number of likely N-dealkylation sites (N-methyl/N-ethyl adjacent to an activating group) is 1. The first-order valence-corrected chi connectivity index (χ1v) is 6.87. The fourth-order valence-electron chi connectivity index (χ4n) is 2.14. The Morgan fingerprint density at radius 3 is 2.77 bits per heavy atom. The Morgan fingerprint density at radius 2 is 2.09 bits per heavy atom. The van der Waals surface area contributed by atoms with Gasteiger partial charge < -0.3 is 19.7 Å². The van der Waals surface area contributed by atoms with Crippen molar-refractivity contribution in [2.75, 3.05) is 24.4 Å². The van der Waals surface area contributed by atoms with Crippen molar-refractivity contribution in [3.05, 3.63) is 18.2 Å². The highest BCUT2D eigenvalue weighted by molar-refractivity contribution is 6.00. The van der Waals surface area contributed by atoms with Crippen molar-refractivity contribution < 1.29 is 23.9 Å². The highest BCUT2D eigenvalue weighted by atomic mass is 16.5. The van der Waals surface area contributed by atoms with Crippen molar-refractivity contribution in [1.82, 2.24) is 0 Å². The summed E-state index contributed by atoms with van der Waals surface area (Å²) >= 11 is 0. The fourth-order valence-corrected chi connectivity index (χ4v) is 2.14. The third kappa shape index (κ3) is 3.36. The Hall–Kier alpha value is -2.57. The lowest BCUT2D eigenvalue weighted by Gasteiger charge is -2.30. The van der Waals surface area contributed by atoms with Crippen LogP contribution in [0, 0.1) is 0 Å². The minimum Gasteiger partial charge on any atom is -0.479 e. The number of hydrogen-bond acceptors (Lipinski definition) is 5. The first-order chi connectivity index (χ1) is 10.4. The molecule has 118 valence electrons. The van der Waals surface area contributed by atoms with E-state index in [9.17, 15) is 14.4 Å². The van der Waals surface area contributed by atoms with Crippen LogP contribution in [0.15, 0.2) is 18.2 Å². The summed E-state index contributed by atoms with van der Waals surface area (Å²) in [6.07, 6.45) is -0.500. The topological polar surface area (TPSA) is 84.9 Å². The number of carbonyl (C=O) groups excluding carboxylic acids is 3. The number of fused-ring (bicyclic) bond motifs is 1. The molecule has 1 aromatic carbocycles. The fraction of sp³-hybridized carbons (Fsp3) is 0.400. The van der Waals surface area contributed by atoms with Gasteiger partial charge in [0.15, 0.2) is 6.10 Å². The highest BCUT2D eigenvalue weighted by Crippen LogP contribution is 2.35. The molecule has 22 heavy (non-hydrogen) atoms. The van der Waals surface area contributed by atoms with Gasteiger partial charge in [-0.25, -0.2) is 0 Å². The van der Waals surface area contributed by atoms with E-state index in [0.717, 1.165) is 0 Å². The monoisotopic (exact) mass is 306 g/mol. The van der Waals surface area contributed by atoms with Crippen molar-refractivity contribution in [2.45, 2.75) is 25.9 Å². The number of ether oxygens (including phenoxy) is 2. The molecule has 7 nitrogen and oxygen atoms in total. The predicted octanol–water partition coefficient (Wildman–Crippen LogP) is 1.32. The molecule has 0 fully saturated rings. The molecule has 0 aliphatic carbocycles. The van der Waals surface area contributed by atoms with Crippen molar-refractivity contribution in [3.63, 3.8) is 0 Å². The normalized spacial score (nSPS) is 16.6. The van der Waals surface area contributed by atoms with Crippen LogP contribution in [0.1, 0.15) is 19.8 Å². The Balaban J connectivity index is 2.05. The number of nitrogens with zero attached hydrogens (tertiary/aromatic N) is 1. The van der Waals surface area contributed by atoms with E-state index in [2.05, 4.69) is 10.1 Å². The van der Waals surface area contributed by atoms with E-state index in [1.54, 1.807) is 32.2 Å². The number of nitrogens with one attached hydrogen (secondary N) is 1. The van der Waals surface area contributed by atoms with E-state index in [-0.39, 0.29) is 24.7 Å². The van der Waals surface area contributed by atoms with E-state index < -0.39 is 12.1 Å². The molecule has 1 aliphatic heterocycles. The molecular formula is C15H18N2O5. The van der Waals surface area contributed by atoms with Crippen LogP contribution in [0.25, 0.3) is 0 Å². The molecule has 2 amide bonds. The van der Waals surface area contributed by atoms with E-state index in [1.165, 1.54) is 12.0 Å². The molecule has 0 radical (unpaired) electrons. The van der Waals surface area contributed by atoms with Crippen LogP contribution in [0.3, 0.4) is 0 Å². The van der Waals surface area contributed by atoms with E-state index in [0.29, 0.717) is 17.1 Å². The summed E-state index contributed by atoms with van der Waals surface area (Å²) in [5.74, 6) is -0.320. The van der Waals surface area contributed by atoms with E-state index in [1.807, 2.05) is 0 Å². The minimum atomic E-state index is -0.567. The zero-order chi connectivity index (χ0) is 16.3. The first kappa shape index (κ1) is 15.8. The Kier molecular flexibility index (Phi) is 4.65. The Labute approximate surface area is 128 Å². The highest BCUT2D eigenvalue weighted by Gasteiger charge is 2.28. The van der Waals surface area contributed by atoms with Gasteiger partial charge >= 0.3 is 5.97 Å². The molecule has 1 N–H and O–H groups in total. The molecule has 0 saturated carbocycles. The molecule has 1 unspecified atom stereocenters. The largest absolute Gasteiger partial charge is 0.479 e. The van der Waals surface area contributed by atoms with Gasteiger partial charge in [0.05, 0.1) is 19.2 Å². The van der Waals surface area contributed by atoms with Crippen LogP contribution < -0.4 is 15.0 Å². The number of carbonyl (C=O) groups is 3. The van der Waals surface area contributed by atoms with Gasteiger partial charge in [-0.3, -0.25) is 14.4 Å². The van der Waals surface area contributed by atoms with E-state index in [4.69, 9.17) is 4.74 Å². The quantitative estimate of drug-likeness (QED) is 0.848. The van der Waals surface area contributed by atoms with Crippen LogP contribution >= 0.6 is 0 Å². The third-order valence-corrected chi connectivity index (χ3v) is 3.37. The van der Waals surface area contributed by atoms with Crippen molar-refractivity contribution in [1.29, 1.82) is 0 Å². The summed E-state index contributed by atoms with van der Waals surface area (Å²) in [6, 6.07) is 5.04. The van der Waals surface area contributed by atoms with Crippen molar-refractivity contribution >= 4 is 29.2 Å². The number of methoxy groups -OCH3 is 1. The van der Waals surface area contributed by atoms with E-state index >= 15 is 0 Å². The average molecular weight is 306 g/mol. The summed E-state index contributed by atoms with van der Waals surface area (Å²) in [5.41, 5.74) is 1.19. The molecule has 0 aromatic heterocycles. The molecule has 0 bridgehead atoms. The van der Waals surface area contributed by atoms with Gasteiger partial charge in [-0.2, -0.15) is 0 Å². The molecular weight excluding hydrogens is 288 g/mol. The summed E-state index contributed by atoms with van der Waals surface area (Å²) in [4.78, 5) is 36.1. The zero-order valence-electron chi connectivity index (χ0n) is 12.7. The van der Waals surface area contributed by atoms with Crippen LogP contribution in [-0.4, -0.2) is 38.0 Å². The summed E-state index contributed by atoms with van der Waals surface area (Å²) in [7, 11) is 2.95. The Morgan fingerprint density at radius 1 is 1.36 bits per heavy atom. The SMILES string of the molecule is COC(=O)CCC(=O)Nc1ccc2c(c1)OC(C)C(=O)N2C. The molecule has 1 heterocycles. The lowest BCUT2D eigenvalue weighted by atomic mass is 10.2. The molecule has 1 atom stereocenters. The summed E-state index contributed by atoms with van der Waals surface area (Å²) < 4.78 is 10.0. The molecule has 0 spiro atoms. The lowest BCUT2D eigenvalue weighted by Crippen LogP contribution is -2.41. The maximum absolute atomic E-state index is 11.8. The maximum atomic E-state index is 11.8. The molecule has 1 aliphatic rings. The second kappa shape index (κ2) is 6.46. The van der Waals surface area contributed by atoms with Crippen LogP contribution in [-0.2, 0) is 19.1 Å². The van der Waals surface area contributed by atoms with Crippen molar-refractivity contribution in [3.8, 4) is 5.75 Å². The number of esters is 1. The van der Waals surface area contributed by atoms with Crippen LogP contribution in [0.2, 0.25) is 0 Å². The Bertz CT molecular complexity index is 614. The van der Waals surface area contributed by atoms with Gasteiger partial charge in [0.25, 0.3) is 5.91 Å². The van der Waals surface area contributed by atoms with Gasteiger partial charge in [-0.15, -0.1) is 0 Å². The summed E-state index contributed by atoms with van der Waals surface area (Å²) in [6.45, 7) is 1.67. The van der Waals surface area contributed by atoms with Crippen LogP contribution in [0.5, 0.6) is 5.75 Å². The zero-order valence-corrected chi connectivity index (χ0v) is 12.7. The molecule has 2 rings (SSSR count). The smallest absolute Gasteiger partial charge is 0.306 e. The van der Waals surface area contributed by atoms with Gasteiger partial charge in [0, 0.05) is 25.2 Å². The number of anilines is 2. The number of hydrogen-bond donors (Lipinski definition) is 1.